The Morgan fingerprint density at radius 3 is 2.91 bits per heavy atom. The zero-order chi connectivity index (χ0) is 16.0. The molecule has 0 N–H and O–H groups in total. The average molecular weight is 313 g/mol. The van der Waals surface area contributed by atoms with E-state index >= 15 is 0 Å². The van der Waals surface area contributed by atoms with Crippen molar-refractivity contribution in [3.8, 4) is 0 Å². The van der Waals surface area contributed by atoms with Crippen molar-refractivity contribution in [2.45, 2.75) is 31.7 Å². The molecule has 0 aromatic carbocycles. The van der Waals surface area contributed by atoms with Crippen molar-refractivity contribution in [1.29, 1.82) is 0 Å². The van der Waals surface area contributed by atoms with Gasteiger partial charge >= 0.3 is 0 Å². The van der Waals surface area contributed by atoms with Crippen molar-refractivity contribution in [2.24, 2.45) is 23.7 Å². The summed E-state index contributed by atoms with van der Waals surface area (Å²) in [7, 11) is 4.19. The van der Waals surface area contributed by atoms with Crippen molar-refractivity contribution < 1.29 is 4.79 Å². The molecule has 2 aliphatic carbocycles. The van der Waals surface area contributed by atoms with E-state index in [-0.39, 0.29) is 0 Å². The lowest BCUT2D eigenvalue weighted by Gasteiger charge is -2.29. The maximum Gasteiger partial charge on any atom is 0.225 e. The second-order valence-electron chi connectivity index (χ2n) is 7.82. The lowest BCUT2D eigenvalue weighted by atomic mass is 9.94. The number of amides is 1. The van der Waals surface area contributed by atoms with E-state index in [4.69, 9.17) is 0 Å². The average Bonchev–Trinajstić information content (AvgIpc) is 3.45. The molecular formula is C19H27N3O. The highest BCUT2D eigenvalue weighted by Gasteiger charge is 2.52. The number of nitrogens with zero attached hydrogens (tertiary/aromatic N) is 3. The second kappa shape index (κ2) is 5.90. The Balaban J connectivity index is 1.40. The van der Waals surface area contributed by atoms with Gasteiger partial charge in [0.25, 0.3) is 0 Å². The molecule has 4 nitrogen and oxygen atoms in total. The SMILES string of the molecule is CN(C[C@@H]1CCN(C)[C@H]1c1cccnc1)C(=O)[C@@H]1C[C@@H]1C1CC1. The highest BCUT2D eigenvalue weighted by atomic mass is 16.2. The minimum atomic E-state index is 0.337. The summed E-state index contributed by atoms with van der Waals surface area (Å²) in [5, 5.41) is 0. The number of hydrogen-bond acceptors (Lipinski definition) is 3. The normalized spacial score (nSPS) is 33.7. The summed E-state index contributed by atoms with van der Waals surface area (Å²) in [5.74, 6) is 2.82. The molecule has 1 amide bonds. The van der Waals surface area contributed by atoms with Crippen LogP contribution in [-0.2, 0) is 4.79 Å². The lowest BCUT2D eigenvalue weighted by Crippen LogP contribution is -2.35. The van der Waals surface area contributed by atoms with Gasteiger partial charge in [-0.3, -0.25) is 14.7 Å². The zero-order valence-electron chi connectivity index (χ0n) is 14.2. The third-order valence-electron chi connectivity index (χ3n) is 6.07. The maximum absolute atomic E-state index is 12.7. The molecule has 1 aromatic rings. The Morgan fingerprint density at radius 1 is 1.39 bits per heavy atom. The third-order valence-corrected chi connectivity index (χ3v) is 6.07. The predicted octanol–water partition coefficient (Wildman–Crippen LogP) is 2.58. The molecule has 1 aliphatic heterocycles. The summed E-state index contributed by atoms with van der Waals surface area (Å²) < 4.78 is 0. The summed E-state index contributed by atoms with van der Waals surface area (Å²) in [4.78, 5) is 21.4. The molecule has 23 heavy (non-hydrogen) atoms. The van der Waals surface area contributed by atoms with Crippen LogP contribution in [0, 0.1) is 23.7 Å². The number of likely N-dealkylation sites (tertiary alicyclic amines) is 1. The highest BCUT2D eigenvalue weighted by molar-refractivity contribution is 5.81. The van der Waals surface area contributed by atoms with E-state index in [1.165, 1.54) is 18.4 Å². The molecule has 2 heterocycles. The van der Waals surface area contributed by atoms with Crippen molar-refractivity contribution in [2.75, 3.05) is 27.2 Å². The van der Waals surface area contributed by atoms with Crippen LogP contribution < -0.4 is 0 Å². The lowest BCUT2D eigenvalue weighted by molar-refractivity contribution is -0.132. The van der Waals surface area contributed by atoms with Gasteiger partial charge in [-0.1, -0.05) is 6.07 Å². The topological polar surface area (TPSA) is 36.4 Å². The Labute approximate surface area is 138 Å². The first-order valence-corrected chi connectivity index (χ1v) is 9.00. The quantitative estimate of drug-likeness (QED) is 0.838. The Hall–Kier alpha value is -1.42. The molecule has 0 radical (unpaired) electrons. The van der Waals surface area contributed by atoms with E-state index < -0.39 is 0 Å². The molecule has 3 fully saturated rings. The Morgan fingerprint density at radius 2 is 2.22 bits per heavy atom. The van der Waals surface area contributed by atoms with Crippen LogP contribution in [0.3, 0.4) is 0 Å². The highest BCUT2D eigenvalue weighted by Crippen LogP contribution is 2.55. The molecule has 3 aliphatic rings. The monoisotopic (exact) mass is 313 g/mol. The standard InChI is InChI=1S/C19H27N3O/c1-21-9-7-15(18(21)14-4-3-8-20-11-14)12-22(2)19(23)17-10-16(17)13-5-6-13/h3-4,8,11,13,15-18H,5-7,9-10,12H2,1-2H3/t15-,16+,17+,18-/m0/s1. The van der Waals surface area contributed by atoms with Gasteiger partial charge in [0.05, 0.1) is 0 Å². The van der Waals surface area contributed by atoms with Crippen LogP contribution in [0.25, 0.3) is 0 Å². The van der Waals surface area contributed by atoms with Crippen LogP contribution >= 0.6 is 0 Å². The molecule has 1 saturated heterocycles. The summed E-state index contributed by atoms with van der Waals surface area (Å²) in [6.07, 6.45) is 8.82. The molecule has 1 aromatic heterocycles. The summed E-state index contributed by atoms with van der Waals surface area (Å²) in [5.41, 5.74) is 1.28. The molecular weight excluding hydrogens is 286 g/mol. The molecule has 4 rings (SSSR count). The minimum absolute atomic E-state index is 0.337. The third kappa shape index (κ3) is 3.01. The van der Waals surface area contributed by atoms with Gasteiger partial charge in [0.2, 0.25) is 5.91 Å². The smallest absolute Gasteiger partial charge is 0.225 e. The number of aromatic nitrogens is 1. The van der Waals surface area contributed by atoms with Crippen molar-refractivity contribution >= 4 is 5.91 Å². The van der Waals surface area contributed by atoms with Gasteiger partial charge in [0.15, 0.2) is 0 Å². The Kier molecular flexibility index (Phi) is 3.88. The van der Waals surface area contributed by atoms with Gasteiger partial charge < -0.3 is 4.90 Å². The van der Waals surface area contributed by atoms with Crippen LogP contribution in [0.1, 0.15) is 37.3 Å². The van der Waals surface area contributed by atoms with Gasteiger partial charge in [0, 0.05) is 37.9 Å². The van der Waals surface area contributed by atoms with Gasteiger partial charge in [-0.2, -0.15) is 0 Å². The van der Waals surface area contributed by atoms with E-state index in [0.717, 1.165) is 31.8 Å². The molecule has 0 unspecified atom stereocenters. The van der Waals surface area contributed by atoms with E-state index in [1.54, 1.807) is 0 Å². The molecule has 4 atom stereocenters. The maximum atomic E-state index is 12.7. The fourth-order valence-electron chi connectivity index (χ4n) is 4.56. The van der Waals surface area contributed by atoms with E-state index in [1.807, 2.05) is 30.4 Å². The second-order valence-corrected chi connectivity index (χ2v) is 7.82. The summed E-state index contributed by atoms with van der Waals surface area (Å²) in [6, 6.07) is 4.56. The summed E-state index contributed by atoms with van der Waals surface area (Å²) >= 11 is 0. The number of pyridine rings is 1. The molecule has 2 saturated carbocycles. The molecule has 4 heteroatoms. The first-order valence-electron chi connectivity index (χ1n) is 9.00. The van der Waals surface area contributed by atoms with Crippen LogP contribution in [0.5, 0.6) is 0 Å². The number of carbonyl (C=O) groups is 1. The van der Waals surface area contributed by atoms with Crippen LogP contribution in [0.15, 0.2) is 24.5 Å². The van der Waals surface area contributed by atoms with E-state index in [0.29, 0.717) is 29.7 Å². The first-order chi connectivity index (χ1) is 11.1. The van der Waals surface area contributed by atoms with E-state index in [2.05, 4.69) is 23.0 Å². The van der Waals surface area contributed by atoms with Crippen molar-refractivity contribution in [3.05, 3.63) is 30.1 Å². The summed E-state index contributed by atoms with van der Waals surface area (Å²) in [6.45, 7) is 1.97. The number of hydrogen-bond donors (Lipinski definition) is 0. The van der Waals surface area contributed by atoms with Crippen LogP contribution in [0.2, 0.25) is 0 Å². The minimum Gasteiger partial charge on any atom is -0.345 e. The molecule has 0 bridgehead atoms. The largest absolute Gasteiger partial charge is 0.345 e. The zero-order valence-corrected chi connectivity index (χ0v) is 14.2. The number of carbonyl (C=O) groups excluding carboxylic acids is 1. The van der Waals surface area contributed by atoms with Crippen LogP contribution in [0.4, 0.5) is 0 Å². The van der Waals surface area contributed by atoms with Gasteiger partial charge in [-0.25, -0.2) is 0 Å². The fraction of sp³-hybridized carbons (Fsp3) is 0.684. The molecule has 0 spiro atoms. The van der Waals surface area contributed by atoms with Crippen LogP contribution in [-0.4, -0.2) is 47.9 Å². The van der Waals surface area contributed by atoms with E-state index in [9.17, 15) is 4.79 Å². The predicted molar refractivity (Wildman–Crippen MR) is 89.7 cm³/mol. The van der Waals surface area contributed by atoms with Gasteiger partial charge in [-0.15, -0.1) is 0 Å². The Bertz CT molecular complexity index is 571. The number of rotatable bonds is 5. The van der Waals surface area contributed by atoms with Crippen molar-refractivity contribution in [3.63, 3.8) is 0 Å². The van der Waals surface area contributed by atoms with Gasteiger partial charge in [0.1, 0.15) is 0 Å². The molecule has 124 valence electrons. The van der Waals surface area contributed by atoms with Crippen molar-refractivity contribution in [1.82, 2.24) is 14.8 Å². The van der Waals surface area contributed by atoms with Gasteiger partial charge in [-0.05, 0) is 68.7 Å². The fourth-order valence-corrected chi connectivity index (χ4v) is 4.56. The first kappa shape index (κ1) is 15.1.